The fraction of sp³-hybridized carbons (Fsp3) is 0.250. The Morgan fingerprint density at radius 1 is 0.710 bits per heavy atom. The van der Waals surface area contributed by atoms with Gasteiger partial charge in [-0.3, -0.25) is 0 Å². The van der Waals surface area contributed by atoms with Gasteiger partial charge in [0.25, 0.3) is 0 Å². The van der Waals surface area contributed by atoms with E-state index < -0.39 is 68.5 Å². The molecule has 0 amide bonds. The van der Waals surface area contributed by atoms with Crippen LogP contribution in [0.3, 0.4) is 0 Å². The molecule has 2 aromatic rings. The van der Waals surface area contributed by atoms with E-state index in [-0.39, 0.29) is 0 Å². The molecule has 172 valence electrons. The summed E-state index contributed by atoms with van der Waals surface area (Å²) in [4.78, 5) is -0.532. The van der Waals surface area contributed by atoms with Crippen molar-refractivity contribution in [2.24, 2.45) is 0 Å². The van der Waals surface area contributed by atoms with E-state index in [4.69, 9.17) is 0 Å². The summed E-state index contributed by atoms with van der Waals surface area (Å²) in [5.74, 6) is 0. The SMILES string of the molecule is O=S(=O)(N(Cc1ccccc1)S(=O)(=O)C(F)(F)C(F)(F)Sc1ccccc1)C(F)(F)F. The van der Waals surface area contributed by atoms with Gasteiger partial charge in [0.2, 0.25) is 0 Å². The number of sulfonamides is 2. The topological polar surface area (TPSA) is 71.5 Å². The van der Waals surface area contributed by atoms with Crippen LogP contribution in [0.15, 0.2) is 65.6 Å². The Morgan fingerprint density at radius 2 is 1.16 bits per heavy atom. The molecule has 2 rings (SSSR count). The molecule has 0 N–H and O–H groups in total. The highest BCUT2D eigenvalue weighted by Crippen LogP contribution is 2.51. The number of hydrogen-bond acceptors (Lipinski definition) is 5. The molecule has 0 saturated heterocycles. The van der Waals surface area contributed by atoms with Crippen LogP contribution in [0.25, 0.3) is 0 Å². The van der Waals surface area contributed by atoms with Gasteiger partial charge >= 0.3 is 36.1 Å². The van der Waals surface area contributed by atoms with Gasteiger partial charge in [0.05, 0.1) is 6.54 Å². The molecular formula is C16H12F7NO4S3. The van der Waals surface area contributed by atoms with Crippen LogP contribution in [-0.2, 0) is 26.6 Å². The fourth-order valence-corrected chi connectivity index (χ4v) is 6.26. The molecule has 0 aliphatic carbocycles. The van der Waals surface area contributed by atoms with Crippen molar-refractivity contribution < 1.29 is 47.6 Å². The third-order valence-corrected chi connectivity index (χ3v) is 8.78. The Morgan fingerprint density at radius 3 is 1.61 bits per heavy atom. The van der Waals surface area contributed by atoms with Crippen molar-refractivity contribution in [1.29, 1.82) is 0 Å². The van der Waals surface area contributed by atoms with Crippen molar-refractivity contribution in [3.05, 3.63) is 66.2 Å². The first kappa shape index (κ1) is 25.4. The maximum atomic E-state index is 14.5. The summed E-state index contributed by atoms with van der Waals surface area (Å²) in [5.41, 5.74) is -6.82. The maximum Gasteiger partial charge on any atom is 0.512 e. The number of rotatable bonds is 8. The zero-order valence-corrected chi connectivity index (χ0v) is 17.4. The number of hydrogen-bond donors (Lipinski definition) is 0. The Hall–Kier alpha value is -1.84. The first-order valence-electron chi connectivity index (χ1n) is 7.91. The molecule has 5 nitrogen and oxygen atoms in total. The molecule has 0 aliphatic rings. The van der Waals surface area contributed by atoms with Crippen LogP contribution >= 0.6 is 11.8 Å². The van der Waals surface area contributed by atoms with E-state index >= 15 is 0 Å². The number of thioether (sulfide) groups is 1. The average Bonchev–Trinajstić information content (AvgIpc) is 2.66. The van der Waals surface area contributed by atoms with Gasteiger partial charge in [-0.2, -0.15) is 30.7 Å². The molecule has 0 aliphatic heterocycles. The summed E-state index contributed by atoms with van der Waals surface area (Å²) in [7, 11) is -14.1. The Bertz CT molecular complexity index is 1110. The third-order valence-electron chi connectivity index (χ3n) is 3.64. The van der Waals surface area contributed by atoms with Gasteiger partial charge < -0.3 is 0 Å². The summed E-state index contributed by atoms with van der Waals surface area (Å²) in [6.07, 6.45) is 0. The largest absolute Gasteiger partial charge is 0.512 e. The highest BCUT2D eigenvalue weighted by Gasteiger charge is 2.71. The first-order chi connectivity index (χ1) is 14.0. The number of halogens is 7. The Labute approximate surface area is 177 Å². The van der Waals surface area contributed by atoms with Crippen LogP contribution in [0.5, 0.6) is 0 Å². The lowest BCUT2D eigenvalue weighted by molar-refractivity contribution is -0.0928. The second kappa shape index (κ2) is 8.60. The summed E-state index contributed by atoms with van der Waals surface area (Å²) in [6.45, 7) is -1.77. The first-order valence-corrected chi connectivity index (χ1v) is 11.6. The second-order valence-corrected chi connectivity index (χ2v) is 11.0. The quantitative estimate of drug-likeness (QED) is 0.381. The van der Waals surface area contributed by atoms with Gasteiger partial charge in [-0.05, 0) is 29.5 Å². The van der Waals surface area contributed by atoms with Crippen molar-refractivity contribution in [2.45, 2.75) is 27.5 Å². The normalized spacial score (nSPS) is 14.1. The van der Waals surface area contributed by atoms with E-state index in [9.17, 15) is 47.6 Å². The van der Waals surface area contributed by atoms with E-state index in [0.717, 1.165) is 36.4 Å². The lowest BCUT2D eigenvalue weighted by atomic mass is 10.2. The molecule has 0 aromatic heterocycles. The van der Waals surface area contributed by atoms with Crippen LogP contribution in [-0.4, -0.2) is 36.6 Å². The number of nitrogens with zero attached hydrogens (tertiary/aromatic N) is 1. The minimum atomic E-state index is -7.10. The van der Waals surface area contributed by atoms with E-state index in [1.165, 1.54) is 24.3 Å². The number of benzene rings is 2. The van der Waals surface area contributed by atoms with Crippen LogP contribution in [0, 0.1) is 0 Å². The zero-order valence-electron chi connectivity index (χ0n) is 14.9. The summed E-state index contributed by atoms with van der Waals surface area (Å²) >= 11 is -0.944. The molecule has 0 heterocycles. The smallest absolute Gasteiger partial charge is 0.204 e. The van der Waals surface area contributed by atoms with E-state index in [0.29, 0.717) is 0 Å². The van der Waals surface area contributed by atoms with E-state index in [2.05, 4.69) is 0 Å². The van der Waals surface area contributed by atoms with Crippen LogP contribution in [0.2, 0.25) is 0 Å². The van der Waals surface area contributed by atoms with Crippen molar-refractivity contribution in [3.63, 3.8) is 0 Å². The summed E-state index contributed by atoms with van der Waals surface area (Å²) in [5, 5.41) is -11.8. The molecule has 0 saturated carbocycles. The molecule has 0 spiro atoms. The van der Waals surface area contributed by atoms with Gasteiger partial charge in [-0.25, -0.2) is 16.8 Å². The Balaban J connectivity index is 2.59. The van der Waals surface area contributed by atoms with Crippen molar-refractivity contribution in [3.8, 4) is 0 Å². The molecule has 15 heteroatoms. The van der Waals surface area contributed by atoms with Crippen LogP contribution in [0.4, 0.5) is 30.7 Å². The molecule has 0 atom stereocenters. The average molecular weight is 511 g/mol. The molecule has 0 unspecified atom stereocenters. The van der Waals surface area contributed by atoms with Gasteiger partial charge in [0.15, 0.2) is 0 Å². The molecular weight excluding hydrogens is 499 g/mol. The minimum absolute atomic E-state index is 0.464. The fourth-order valence-electron chi connectivity index (χ4n) is 2.12. The minimum Gasteiger partial charge on any atom is -0.204 e. The monoisotopic (exact) mass is 511 g/mol. The predicted molar refractivity (Wildman–Crippen MR) is 98.1 cm³/mol. The lowest BCUT2D eigenvalue weighted by Gasteiger charge is -2.31. The van der Waals surface area contributed by atoms with Gasteiger partial charge in [0, 0.05) is 4.90 Å². The third kappa shape index (κ3) is 4.99. The Kier molecular flexibility index (Phi) is 7.05. The van der Waals surface area contributed by atoms with Gasteiger partial charge in [0.1, 0.15) is 0 Å². The van der Waals surface area contributed by atoms with Crippen molar-refractivity contribution in [2.75, 3.05) is 0 Å². The lowest BCUT2D eigenvalue weighted by Crippen LogP contribution is -2.55. The maximum absolute atomic E-state index is 14.5. The molecule has 0 radical (unpaired) electrons. The molecule has 2 aromatic carbocycles. The summed E-state index contributed by atoms with van der Waals surface area (Å²) in [6, 6.07) is 11.0. The zero-order chi connectivity index (χ0) is 23.7. The highest BCUT2D eigenvalue weighted by molar-refractivity contribution is 8.06. The standard InChI is InChI=1S/C16H12F7NO4S3/c17-14(18,29-13-9-5-2-6-10-13)15(19,20)30(25,26)24(31(27,28)16(21,22)23)11-12-7-3-1-4-8-12/h1-10H,11H2. The van der Waals surface area contributed by atoms with Crippen LogP contribution < -0.4 is 0 Å². The highest BCUT2D eigenvalue weighted by atomic mass is 32.3. The van der Waals surface area contributed by atoms with Crippen molar-refractivity contribution in [1.82, 2.24) is 3.71 Å². The molecule has 31 heavy (non-hydrogen) atoms. The van der Waals surface area contributed by atoms with Gasteiger partial charge in [-0.15, -0.1) is 0 Å². The van der Waals surface area contributed by atoms with E-state index in [1.54, 1.807) is 0 Å². The van der Waals surface area contributed by atoms with E-state index in [1.807, 2.05) is 0 Å². The molecule has 0 bridgehead atoms. The predicted octanol–water partition coefficient (Wildman–Crippen LogP) is 4.65. The number of alkyl halides is 7. The molecule has 0 fully saturated rings. The summed E-state index contributed by atoms with van der Waals surface area (Å²) < 4.78 is 143. The van der Waals surface area contributed by atoms with Gasteiger partial charge in [-0.1, -0.05) is 52.2 Å². The second-order valence-electron chi connectivity index (χ2n) is 5.82. The van der Waals surface area contributed by atoms with Crippen LogP contribution in [0.1, 0.15) is 5.56 Å². The van der Waals surface area contributed by atoms with Crippen molar-refractivity contribution >= 4 is 31.8 Å².